The van der Waals surface area contributed by atoms with E-state index in [1.165, 1.54) is 0 Å². The third-order valence-corrected chi connectivity index (χ3v) is 3.97. The average Bonchev–Trinajstić information content (AvgIpc) is 2.70. The van der Waals surface area contributed by atoms with E-state index in [1.54, 1.807) is 4.90 Å². The Kier molecular flexibility index (Phi) is 3.03. The maximum atomic E-state index is 12.1. The Morgan fingerprint density at radius 3 is 2.56 bits per heavy atom. The van der Waals surface area contributed by atoms with E-state index >= 15 is 0 Å². The molecule has 5 heteroatoms. The number of carboxylic acid groups (broad SMARTS) is 1. The molecule has 1 heterocycles. The van der Waals surface area contributed by atoms with Gasteiger partial charge in [0.2, 0.25) is 0 Å². The van der Waals surface area contributed by atoms with Crippen LogP contribution in [0.5, 0.6) is 0 Å². The molecular weight excluding hydrogens is 234 g/mol. The molecule has 1 aliphatic carbocycles. The molecule has 18 heavy (non-hydrogen) atoms. The first-order valence-electron chi connectivity index (χ1n) is 6.49. The summed E-state index contributed by atoms with van der Waals surface area (Å²) in [7, 11) is 0. The monoisotopic (exact) mass is 255 g/mol. The van der Waals surface area contributed by atoms with Crippen LogP contribution in [-0.4, -0.2) is 40.3 Å². The highest BCUT2D eigenvalue weighted by molar-refractivity contribution is 5.79. The minimum Gasteiger partial charge on any atom is -0.481 e. The van der Waals surface area contributed by atoms with Crippen molar-refractivity contribution in [1.82, 2.24) is 4.90 Å². The molecule has 1 amide bonds. The molecule has 0 bridgehead atoms. The molecule has 2 fully saturated rings. The maximum Gasteiger partial charge on any atom is 0.410 e. The Balaban J connectivity index is 2.14. The molecule has 5 nitrogen and oxygen atoms in total. The second-order valence-corrected chi connectivity index (χ2v) is 6.29. The number of nitrogens with zero attached hydrogens (tertiary/aromatic N) is 1. The highest BCUT2D eigenvalue weighted by Crippen LogP contribution is 2.49. The summed E-state index contributed by atoms with van der Waals surface area (Å²) in [4.78, 5) is 25.2. The molecule has 2 rings (SSSR count). The van der Waals surface area contributed by atoms with Crippen molar-refractivity contribution in [2.45, 2.75) is 58.1 Å². The smallest absolute Gasteiger partial charge is 0.410 e. The van der Waals surface area contributed by atoms with Crippen molar-refractivity contribution in [2.24, 2.45) is 5.41 Å². The summed E-state index contributed by atoms with van der Waals surface area (Å²) in [6.45, 7) is 5.95. The van der Waals surface area contributed by atoms with Crippen molar-refractivity contribution in [2.75, 3.05) is 6.54 Å². The van der Waals surface area contributed by atoms with Gasteiger partial charge in [-0.2, -0.15) is 0 Å². The zero-order chi connectivity index (χ0) is 13.6. The fraction of sp³-hybridized carbons (Fsp3) is 0.846. The molecule has 0 aromatic carbocycles. The Bertz CT molecular complexity index is 374. The lowest BCUT2D eigenvalue weighted by Crippen LogP contribution is -2.45. The Hall–Kier alpha value is -1.26. The van der Waals surface area contributed by atoms with Crippen LogP contribution in [0.25, 0.3) is 0 Å². The number of hydrogen-bond acceptors (Lipinski definition) is 3. The summed E-state index contributed by atoms with van der Waals surface area (Å²) in [6, 6.07) is -0.190. The van der Waals surface area contributed by atoms with Gasteiger partial charge in [0.05, 0.1) is 11.5 Å². The topological polar surface area (TPSA) is 66.8 Å². The first kappa shape index (κ1) is 13.2. The molecule has 1 saturated carbocycles. The van der Waals surface area contributed by atoms with E-state index in [0.717, 1.165) is 12.8 Å². The molecule has 0 unspecified atom stereocenters. The molecule has 0 radical (unpaired) electrons. The van der Waals surface area contributed by atoms with Gasteiger partial charge in [-0.25, -0.2) is 4.79 Å². The number of ether oxygens (including phenoxy) is 1. The van der Waals surface area contributed by atoms with Crippen LogP contribution < -0.4 is 0 Å². The van der Waals surface area contributed by atoms with Crippen LogP contribution in [0.3, 0.4) is 0 Å². The summed E-state index contributed by atoms with van der Waals surface area (Å²) in [5.41, 5.74) is -1.26. The highest BCUT2D eigenvalue weighted by atomic mass is 16.6. The number of carboxylic acids is 1. The van der Waals surface area contributed by atoms with Gasteiger partial charge in [-0.1, -0.05) is 6.42 Å². The molecule has 2 atom stereocenters. The van der Waals surface area contributed by atoms with E-state index in [9.17, 15) is 14.7 Å². The first-order chi connectivity index (χ1) is 8.26. The maximum absolute atomic E-state index is 12.1. The number of carbonyl (C=O) groups is 2. The Labute approximate surface area is 107 Å². The van der Waals surface area contributed by atoms with Gasteiger partial charge in [-0.05, 0) is 40.0 Å². The van der Waals surface area contributed by atoms with E-state index in [1.807, 2.05) is 20.8 Å². The van der Waals surface area contributed by atoms with Crippen LogP contribution in [-0.2, 0) is 9.53 Å². The van der Waals surface area contributed by atoms with Gasteiger partial charge in [-0.15, -0.1) is 0 Å². The molecular formula is C13H21NO4. The molecule has 102 valence electrons. The minimum absolute atomic E-state index is 0.190. The summed E-state index contributed by atoms with van der Waals surface area (Å²) in [5.74, 6) is -0.768. The minimum atomic E-state index is -0.768. The molecule has 1 aliphatic heterocycles. The third-order valence-electron chi connectivity index (χ3n) is 3.97. The van der Waals surface area contributed by atoms with Crippen molar-refractivity contribution in [3.63, 3.8) is 0 Å². The van der Waals surface area contributed by atoms with Crippen LogP contribution in [0.4, 0.5) is 4.79 Å². The summed E-state index contributed by atoms with van der Waals surface area (Å²) in [5, 5.41) is 9.43. The van der Waals surface area contributed by atoms with E-state index in [4.69, 9.17) is 4.74 Å². The van der Waals surface area contributed by atoms with Crippen molar-refractivity contribution < 1.29 is 19.4 Å². The lowest BCUT2D eigenvalue weighted by molar-refractivity contribution is -0.149. The molecule has 0 aromatic rings. The van der Waals surface area contributed by atoms with E-state index in [2.05, 4.69) is 0 Å². The number of fused-ring (bicyclic) bond motifs is 1. The van der Waals surface area contributed by atoms with Crippen molar-refractivity contribution >= 4 is 12.1 Å². The standard InChI is InChI=1S/C13H21NO4/c1-12(2,3)18-11(17)14-8-7-13(10(15)16)6-4-5-9(13)14/h9H,4-8H2,1-3H3,(H,15,16)/t9-,13-/m0/s1. The molecule has 0 aromatic heterocycles. The fourth-order valence-corrected chi connectivity index (χ4v) is 3.17. The predicted octanol–water partition coefficient (Wildman–Crippen LogP) is 2.25. The number of rotatable bonds is 1. The van der Waals surface area contributed by atoms with Gasteiger partial charge in [0.25, 0.3) is 0 Å². The quantitative estimate of drug-likeness (QED) is 0.780. The zero-order valence-electron chi connectivity index (χ0n) is 11.2. The molecule has 1 saturated heterocycles. The zero-order valence-corrected chi connectivity index (χ0v) is 11.2. The van der Waals surface area contributed by atoms with E-state index < -0.39 is 17.0 Å². The average molecular weight is 255 g/mol. The Morgan fingerprint density at radius 1 is 1.33 bits per heavy atom. The van der Waals surface area contributed by atoms with Gasteiger partial charge in [0, 0.05) is 6.54 Å². The van der Waals surface area contributed by atoms with Crippen LogP contribution in [0.15, 0.2) is 0 Å². The van der Waals surface area contributed by atoms with Crippen molar-refractivity contribution in [1.29, 1.82) is 0 Å². The van der Waals surface area contributed by atoms with E-state index in [-0.39, 0.29) is 12.1 Å². The first-order valence-corrected chi connectivity index (χ1v) is 6.49. The van der Waals surface area contributed by atoms with Gasteiger partial charge < -0.3 is 14.7 Å². The van der Waals surface area contributed by atoms with Crippen LogP contribution in [0, 0.1) is 5.41 Å². The number of hydrogen-bond donors (Lipinski definition) is 1. The largest absolute Gasteiger partial charge is 0.481 e. The normalized spacial score (nSPS) is 31.3. The predicted molar refractivity (Wildman–Crippen MR) is 65.3 cm³/mol. The lowest BCUT2D eigenvalue weighted by Gasteiger charge is -2.30. The Morgan fingerprint density at radius 2 is 2.00 bits per heavy atom. The van der Waals surface area contributed by atoms with E-state index in [0.29, 0.717) is 19.4 Å². The number of amides is 1. The van der Waals surface area contributed by atoms with Gasteiger partial charge >= 0.3 is 12.1 Å². The van der Waals surface area contributed by atoms with Gasteiger partial charge in [-0.3, -0.25) is 4.79 Å². The molecule has 0 spiro atoms. The van der Waals surface area contributed by atoms with Crippen LogP contribution in [0.1, 0.15) is 46.5 Å². The third kappa shape index (κ3) is 2.06. The van der Waals surface area contributed by atoms with Crippen LogP contribution >= 0.6 is 0 Å². The summed E-state index contributed by atoms with van der Waals surface area (Å²) in [6.07, 6.45) is 2.48. The highest BCUT2D eigenvalue weighted by Gasteiger charge is 2.57. The van der Waals surface area contributed by atoms with Crippen LogP contribution in [0.2, 0.25) is 0 Å². The summed E-state index contributed by atoms with van der Waals surface area (Å²) < 4.78 is 5.35. The molecule has 1 N–H and O–H groups in total. The number of carbonyl (C=O) groups excluding carboxylic acids is 1. The van der Waals surface area contributed by atoms with Crippen molar-refractivity contribution in [3.8, 4) is 0 Å². The van der Waals surface area contributed by atoms with Crippen molar-refractivity contribution in [3.05, 3.63) is 0 Å². The fourth-order valence-electron chi connectivity index (χ4n) is 3.17. The van der Waals surface area contributed by atoms with Gasteiger partial charge in [0.15, 0.2) is 0 Å². The number of aliphatic carboxylic acids is 1. The number of likely N-dealkylation sites (tertiary alicyclic amines) is 1. The second kappa shape index (κ2) is 4.14. The molecule has 2 aliphatic rings. The van der Waals surface area contributed by atoms with Gasteiger partial charge in [0.1, 0.15) is 5.60 Å². The SMILES string of the molecule is CC(C)(C)OC(=O)N1CC[C@@]2(C(=O)O)CCC[C@H]12. The summed E-state index contributed by atoms with van der Waals surface area (Å²) >= 11 is 0. The second-order valence-electron chi connectivity index (χ2n) is 6.29. The lowest BCUT2D eigenvalue weighted by atomic mass is 9.82.